The maximum absolute atomic E-state index is 5.81. The van der Waals surface area contributed by atoms with Gasteiger partial charge >= 0.3 is 0 Å². The molecule has 0 aliphatic rings. The molecule has 0 saturated heterocycles. The fourth-order valence-electron chi connectivity index (χ4n) is 2.11. The minimum atomic E-state index is 0.625. The van der Waals surface area contributed by atoms with Crippen molar-refractivity contribution >= 4 is 0 Å². The van der Waals surface area contributed by atoms with Crippen LogP contribution in [0.15, 0.2) is 42.5 Å². The number of aryl methyl sites for hydroxylation is 2. The second-order valence-corrected chi connectivity index (χ2v) is 5.23. The molecule has 118 valence electrons. The highest BCUT2D eigenvalue weighted by Crippen LogP contribution is 2.20. The van der Waals surface area contributed by atoms with E-state index < -0.39 is 0 Å². The molecule has 3 nitrogen and oxygen atoms in total. The average molecular weight is 300 g/mol. The Bertz CT molecular complexity index is 593. The molecule has 2 rings (SSSR count). The Balaban J connectivity index is 1.73. The molecule has 0 bridgehead atoms. The van der Waals surface area contributed by atoms with Gasteiger partial charge in [-0.3, -0.25) is 0 Å². The third-order valence-electron chi connectivity index (χ3n) is 3.28. The fraction of sp³-hybridized carbons (Fsp3) is 0.368. The Kier molecular flexibility index (Phi) is 6.13. The van der Waals surface area contributed by atoms with Crippen LogP contribution >= 0.6 is 0 Å². The van der Waals surface area contributed by atoms with Gasteiger partial charge < -0.3 is 14.2 Å². The molecule has 0 atom stereocenters. The van der Waals surface area contributed by atoms with E-state index in [1.54, 1.807) is 0 Å². The molecule has 0 heterocycles. The summed E-state index contributed by atoms with van der Waals surface area (Å²) >= 11 is 0. The summed E-state index contributed by atoms with van der Waals surface area (Å²) in [5.74, 6) is 2.63. The molecular weight excluding hydrogens is 276 g/mol. The lowest BCUT2D eigenvalue weighted by molar-refractivity contribution is 0.245. The Morgan fingerprint density at radius 3 is 2.32 bits per heavy atom. The van der Waals surface area contributed by atoms with Crippen molar-refractivity contribution in [2.75, 3.05) is 19.8 Å². The van der Waals surface area contributed by atoms with Gasteiger partial charge in [-0.1, -0.05) is 18.2 Å². The van der Waals surface area contributed by atoms with E-state index in [9.17, 15) is 0 Å². The first-order valence-electron chi connectivity index (χ1n) is 7.74. The van der Waals surface area contributed by atoms with Gasteiger partial charge in [0.25, 0.3) is 0 Å². The van der Waals surface area contributed by atoms with Crippen LogP contribution in [0.4, 0.5) is 0 Å². The van der Waals surface area contributed by atoms with Gasteiger partial charge in [-0.05, 0) is 50.1 Å². The van der Waals surface area contributed by atoms with Crippen molar-refractivity contribution in [1.82, 2.24) is 0 Å². The second-order valence-electron chi connectivity index (χ2n) is 5.23. The number of benzene rings is 2. The summed E-state index contributed by atoms with van der Waals surface area (Å²) < 4.78 is 17.0. The lowest BCUT2D eigenvalue weighted by Crippen LogP contribution is -2.06. The van der Waals surface area contributed by atoms with Gasteiger partial charge in [0.2, 0.25) is 0 Å². The van der Waals surface area contributed by atoms with E-state index in [1.165, 1.54) is 5.56 Å². The molecule has 0 aliphatic heterocycles. The van der Waals surface area contributed by atoms with Gasteiger partial charge in [-0.25, -0.2) is 0 Å². The third kappa shape index (κ3) is 4.99. The van der Waals surface area contributed by atoms with Crippen LogP contribution in [0.3, 0.4) is 0 Å². The SMILES string of the molecule is CCOc1cccc(OCCCOc2cc(C)ccc2C)c1. The molecule has 0 aromatic heterocycles. The molecule has 2 aromatic rings. The lowest BCUT2D eigenvalue weighted by Gasteiger charge is -2.11. The van der Waals surface area contributed by atoms with E-state index in [-0.39, 0.29) is 0 Å². The number of rotatable bonds is 8. The fourth-order valence-corrected chi connectivity index (χ4v) is 2.11. The van der Waals surface area contributed by atoms with E-state index in [0.29, 0.717) is 19.8 Å². The zero-order valence-corrected chi connectivity index (χ0v) is 13.6. The summed E-state index contributed by atoms with van der Waals surface area (Å²) in [6, 6.07) is 14.0. The number of ether oxygens (including phenoxy) is 3. The van der Waals surface area contributed by atoms with Crippen molar-refractivity contribution < 1.29 is 14.2 Å². The summed E-state index contributed by atoms with van der Waals surface area (Å²) in [4.78, 5) is 0. The van der Waals surface area contributed by atoms with Crippen LogP contribution < -0.4 is 14.2 Å². The molecule has 0 unspecified atom stereocenters. The smallest absolute Gasteiger partial charge is 0.122 e. The van der Waals surface area contributed by atoms with E-state index in [4.69, 9.17) is 14.2 Å². The number of hydrogen-bond acceptors (Lipinski definition) is 3. The van der Waals surface area contributed by atoms with Gasteiger partial charge in [0, 0.05) is 12.5 Å². The van der Waals surface area contributed by atoms with Crippen LogP contribution in [0.25, 0.3) is 0 Å². The second kappa shape index (κ2) is 8.32. The summed E-state index contributed by atoms with van der Waals surface area (Å²) in [7, 11) is 0. The van der Waals surface area contributed by atoms with Gasteiger partial charge in [-0.15, -0.1) is 0 Å². The van der Waals surface area contributed by atoms with Crippen molar-refractivity contribution in [3.8, 4) is 17.2 Å². The first kappa shape index (κ1) is 16.2. The lowest BCUT2D eigenvalue weighted by atomic mass is 10.1. The molecule has 0 saturated carbocycles. The van der Waals surface area contributed by atoms with Crippen LogP contribution in [-0.2, 0) is 0 Å². The maximum atomic E-state index is 5.81. The zero-order valence-electron chi connectivity index (χ0n) is 13.6. The third-order valence-corrected chi connectivity index (χ3v) is 3.28. The first-order valence-corrected chi connectivity index (χ1v) is 7.74. The van der Waals surface area contributed by atoms with Crippen LogP contribution in [0.2, 0.25) is 0 Å². The molecule has 0 fully saturated rings. The number of hydrogen-bond donors (Lipinski definition) is 0. The van der Waals surface area contributed by atoms with Gasteiger partial charge in [0.1, 0.15) is 17.2 Å². The van der Waals surface area contributed by atoms with E-state index in [0.717, 1.165) is 29.2 Å². The van der Waals surface area contributed by atoms with Crippen LogP contribution in [0.5, 0.6) is 17.2 Å². The monoisotopic (exact) mass is 300 g/mol. The van der Waals surface area contributed by atoms with Crippen LogP contribution in [0.1, 0.15) is 24.5 Å². The van der Waals surface area contributed by atoms with Gasteiger partial charge in [0.05, 0.1) is 19.8 Å². The summed E-state index contributed by atoms with van der Waals surface area (Å²) in [5, 5.41) is 0. The van der Waals surface area contributed by atoms with Crippen molar-refractivity contribution in [3.05, 3.63) is 53.6 Å². The molecular formula is C19H24O3. The van der Waals surface area contributed by atoms with Gasteiger partial charge in [0.15, 0.2) is 0 Å². The molecule has 2 aromatic carbocycles. The van der Waals surface area contributed by atoms with E-state index in [1.807, 2.05) is 31.2 Å². The van der Waals surface area contributed by atoms with Crippen molar-refractivity contribution in [1.29, 1.82) is 0 Å². The molecule has 3 heteroatoms. The Morgan fingerprint density at radius 1 is 0.818 bits per heavy atom. The zero-order chi connectivity index (χ0) is 15.8. The van der Waals surface area contributed by atoms with E-state index >= 15 is 0 Å². The largest absolute Gasteiger partial charge is 0.494 e. The van der Waals surface area contributed by atoms with Crippen LogP contribution in [-0.4, -0.2) is 19.8 Å². The highest BCUT2D eigenvalue weighted by Gasteiger charge is 2.01. The standard InChI is InChI=1S/C19H24O3/c1-4-20-17-7-5-8-18(14-17)21-11-6-12-22-19-13-15(2)9-10-16(19)3/h5,7-10,13-14H,4,6,11-12H2,1-3H3. The molecule has 0 amide bonds. The highest BCUT2D eigenvalue weighted by molar-refractivity contribution is 5.36. The molecule has 0 N–H and O–H groups in total. The summed E-state index contributed by atoms with van der Waals surface area (Å²) in [6.07, 6.45) is 0.840. The normalized spacial score (nSPS) is 10.3. The van der Waals surface area contributed by atoms with Crippen molar-refractivity contribution in [3.63, 3.8) is 0 Å². The molecule has 0 aliphatic carbocycles. The minimum absolute atomic E-state index is 0.625. The van der Waals surface area contributed by atoms with Crippen molar-refractivity contribution in [2.24, 2.45) is 0 Å². The van der Waals surface area contributed by atoms with Gasteiger partial charge in [-0.2, -0.15) is 0 Å². The van der Waals surface area contributed by atoms with E-state index in [2.05, 4.69) is 32.0 Å². The predicted molar refractivity (Wildman–Crippen MR) is 89.1 cm³/mol. The van der Waals surface area contributed by atoms with Crippen molar-refractivity contribution in [2.45, 2.75) is 27.2 Å². The minimum Gasteiger partial charge on any atom is -0.494 e. The molecule has 22 heavy (non-hydrogen) atoms. The summed E-state index contributed by atoms with van der Waals surface area (Å²) in [6.45, 7) is 8.03. The first-order chi connectivity index (χ1) is 10.7. The Labute approximate surface area is 132 Å². The maximum Gasteiger partial charge on any atom is 0.122 e. The van der Waals surface area contributed by atoms with Crippen LogP contribution in [0, 0.1) is 13.8 Å². The Hall–Kier alpha value is -2.16. The topological polar surface area (TPSA) is 27.7 Å². The molecule has 0 radical (unpaired) electrons. The quantitative estimate of drug-likeness (QED) is 0.669. The Morgan fingerprint density at radius 2 is 1.55 bits per heavy atom. The predicted octanol–water partition coefficient (Wildman–Crippen LogP) is 4.55. The molecule has 0 spiro atoms. The average Bonchev–Trinajstić information content (AvgIpc) is 2.51. The highest BCUT2D eigenvalue weighted by atomic mass is 16.5. The summed E-state index contributed by atoms with van der Waals surface area (Å²) in [5.41, 5.74) is 2.38.